The highest BCUT2D eigenvalue weighted by Crippen LogP contribution is 2.08. The highest BCUT2D eigenvalue weighted by Gasteiger charge is 2.25. The Morgan fingerprint density at radius 1 is 1.32 bits per heavy atom. The van der Waals surface area contributed by atoms with Gasteiger partial charge in [0.25, 0.3) is 0 Å². The second kappa shape index (κ2) is 7.73. The van der Waals surface area contributed by atoms with Gasteiger partial charge in [0.1, 0.15) is 6.10 Å². The maximum absolute atomic E-state index is 11.7. The minimum Gasteiger partial charge on any atom is -0.391 e. The normalized spacial score (nSPS) is 15.4. The van der Waals surface area contributed by atoms with E-state index in [1.807, 2.05) is 18.2 Å². The molecule has 6 heteroatoms. The van der Waals surface area contributed by atoms with Crippen molar-refractivity contribution in [1.82, 2.24) is 5.43 Å². The molecule has 0 saturated heterocycles. The Kier molecular flexibility index (Phi) is 6.27. The number of methoxy groups -OCH3 is 1. The summed E-state index contributed by atoms with van der Waals surface area (Å²) in [5, 5.41) is 18.9. The molecule has 1 aromatic carbocycles. The lowest BCUT2D eigenvalue weighted by Gasteiger charge is -2.23. The lowest BCUT2D eigenvalue weighted by molar-refractivity contribution is -0.128. The van der Waals surface area contributed by atoms with Gasteiger partial charge in [-0.3, -0.25) is 15.6 Å². The maximum Gasteiger partial charge on any atom is 0.241 e. The molecule has 0 heterocycles. The van der Waals surface area contributed by atoms with Gasteiger partial charge in [0.15, 0.2) is 0 Å². The summed E-state index contributed by atoms with van der Waals surface area (Å²) in [6.07, 6.45) is -2.87. The number of para-hydroxylation sites is 1. The fraction of sp³-hybridized carbons (Fsp3) is 0.462. The number of carbonyl (C=O) groups excluding carboxylic acids is 1. The molecule has 4 N–H and O–H groups in total. The Balaban J connectivity index is 2.41. The third-order valence-corrected chi connectivity index (χ3v) is 2.68. The largest absolute Gasteiger partial charge is 0.391 e. The first-order chi connectivity index (χ1) is 9.04. The van der Waals surface area contributed by atoms with Crippen LogP contribution in [0.3, 0.4) is 0 Å². The standard InChI is InChI=1S/C13H20N2O4/c1-9(16)13(18)11(19-2)8-12(17)15-14-10-6-4-3-5-7-10/h3-7,9,11,13-14,16,18H,8H2,1-2H3,(H,15,17)/t9-,11+,13-/m1/s1. The highest BCUT2D eigenvalue weighted by atomic mass is 16.5. The van der Waals surface area contributed by atoms with Gasteiger partial charge in [-0.05, 0) is 19.1 Å². The van der Waals surface area contributed by atoms with Crippen LogP contribution in [0, 0.1) is 0 Å². The molecule has 6 nitrogen and oxygen atoms in total. The van der Waals surface area contributed by atoms with Crippen LogP contribution in [0.1, 0.15) is 13.3 Å². The van der Waals surface area contributed by atoms with Crippen LogP contribution in [0.2, 0.25) is 0 Å². The number of amides is 1. The lowest BCUT2D eigenvalue weighted by atomic mass is 10.1. The summed E-state index contributed by atoms with van der Waals surface area (Å²) in [5.41, 5.74) is 5.99. The van der Waals surface area contributed by atoms with Gasteiger partial charge in [0, 0.05) is 7.11 Å². The summed E-state index contributed by atoms with van der Waals surface area (Å²) < 4.78 is 5.00. The molecule has 0 aliphatic heterocycles. The van der Waals surface area contributed by atoms with E-state index in [2.05, 4.69) is 10.9 Å². The minimum absolute atomic E-state index is 0.0532. The topological polar surface area (TPSA) is 90.8 Å². The Labute approximate surface area is 112 Å². The summed E-state index contributed by atoms with van der Waals surface area (Å²) in [5.74, 6) is -0.338. The van der Waals surface area contributed by atoms with Gasteiger partial charge < -0.3 is 14.9 Å². The van der Waals surface area contributed by atoms with Crippen molar-refractivity contribution in [3.05, 3.63) is 30.3 Å². The van der Waals surface area contributed by atoms with Gasteiger partial charge >= 0.3 is 0 Å². The molecule has 0 fully saturated rings. The van der Waals surface area contributed by atoms with Gasteiger partial charge in [-0.2, -0.15) is 0 Å². The maximum atomic E-state index is 11.7. The van der Waals surface area contributed by atoms with E-state index in [9.17, 15) is 15.0 Å². The first-order valence-electron chi connectivity index (χ1n) is 6.03. The van der Waals surface area contributed by atoms with Crippen LogP contribution < -0.4 is 10.9 Å². The van der Waals surface area contributed by atoms with Crippen molar-refractivity contribution in [2.75, 3.05) is 12.5 Å². The number of aliphatic hydroxyl groups is 2. The third kappa shape index (κ3) is 5.25. The minimum atomic E-state index is -1.10. The number of hydrazine groups is 1. The average molecular weight is 268 g/mol. The van der Waals surface area contributed by atoms with E-state index in [-0.39, 0.29) is 12.3 Å². The number of benzene rings is 1. The zero-order valence-corrected chi connectivity index (χ0v) is 11.0. The monoisotopic (exact) mass is 268 g/mol. The third-order valence-electron chi connectivity index (χ3n) is 2.68. The average Bonchev–Trinajstić information content (AvgIpc) is 2.42. The smallest absolute Gasteiger partial charge is 0.241 e. The van der Waals surface area contributed by atoms with E-state index in [0.717, 1.165) is 5.69 Å². The van der Waals surface area contributed by atoms with Crippen molar-refractivity contribution in [2.24, 2.45) is 0 Å². The molecule has 1 amide bonds. The number of rotatable bonds is 7. The Bertz CT molecular complexity index is 383. The molecule has 0 aliphatic rings. The van der Waals surface area contributed by atoms with E-state index in [0.29, 0.717) is 0 Å². The summed E-state index contributed by atoms with van der Waals surface area (Å²) in [6, 6.07) is 9.15. The highest BCUT2D eigenvalue weighted by molar-refractivity contribution is 5.77. The SMILES string of the molecule is CO[C@@H](CC(=O)NNc1ccccc1)[C@H](O)[C@@H](C)O. The lowest BCUT2D eigenvalue weighted by Crippen LogP contribution is -2.41. The number of hydrogen-bond donors (Lipinski definition) is 4. The van der Waals surface area contributed by atoms with Crippen LogP contribution in [0.25, 0.3) is 0 Å². The second-order valence-electron chi connectivity index (χ2n) is 4.25. The molecule has 0 aliphatic carbocycles. The fourth-order valence-corrected chi connectivity index (χ4v) is 1.55. The molecule has 0 spiro atoms. The van der Waals surface area contributed by atoms with Crippen molar-refractivity contribution < 1.29 is 19.7 Å². The van der Waals surface area contributed by atoms with E-state index in [4.69, 9.17) is 4.74 Å². The molecular weight excluding hydrogens is 248 g/mol. The summed E-state index contributed by atoms with van der Waals surface area (Å²) >= 11 is 0. The molecule has 1 rings (SSSR count). The van der Waals surface area contributed by atoms with Crippen molar-refractivity contribution in [1.29, 1.82) is 0 Å². The molecule has 106 valence electrons. The van der Waals surface area contributed by atoms with Crippen LogP contribution in [0.5, 0.6) is 0 Å². The first kappa shape index (κ1) is 15.4. The molecular formula is C13H20N2O4. The van der Waals surface area contributed by atoms with Crippen molar-refractivity contribution in [3.8, 4) is 0 Å². The van der Waals surface area contributed by atoms with Crippen LogP contribution in [-0.4, -0.2) is 41.5 Å². The van der Waals surface area contributed by atoms with Crippen LogP contribution >= 0.6 is 0 Å². The predicted molar refractivity (Wildman–Crippen MR) is 71.3 cm³/mol. The summed E-state index contributed by atoms with van der Waals surface area (Å²) in [4.78, 5) is 11.7. The Hall–Kier alpha value is -1.63. The first-order valence-corrected chi connectivity index (χ1v) is 6.03. The van der Waals surface area contributed by atoms with Gasteiger partial charge in [-0.25, -0.2) is 0 Å². The van der Waals surface area contributed by atoms with Gasteiger partial charge in [0.05, 0.1) is 24.3 Å². The molecule has 1 aromatic rings. The van der Waals surface area contributed by atoms with Crippen LogP contribution in [0.15, 0.2) is 30.3 Å². The Morgan fingerprint density at radius 3 is 2.47 bits per heavy atom. The van der Waals surface area contributed by atoms with Gasteiger partial charge in [-0.15, -0.1) is 0 Å². The van der Waals surface area contributed by atoms with E-state index in [1.165, 1.54) is 14.0 Å². The molecule has 0 unspecified atom stereocenters. The van der Waals surface area contributed by atoms with Crippen molar-refractivity contribution in [2.45, 2.75) is 31.7 Å². The molecule has 3 atom stereocenters. The number of ether oxygens (including phenoxy) is 1. The number of aliphatic hydroxyl groups excluding tert-OH is 2. The van der Waals surface area contributed by atoms with Crippen molar-refractivity contribution in [3.63, 3.8) is 0 Å². The summed E-state index contributed by atoms with van der Waals surface area (Å²) in [6.45, 7) is 1.44. The predicted octanol–water partition coefficient (Wildman–Crippen LogP) is 0.276. The molecule has 0 aromatic heterocycles. The molecule has 0 bridgehead atoms. The fourth-order valence-electron chi connectivity index (χ4n) is 1.55. The van der Waals surface area contributed by atoms with E-state index in [1.54, 1.807) is 12.1 Å². The van der Waals surface area contributed by atoms with E-state index >= 15 is 0 Å². The van der Waals surface area contributed by atoms with E-state index < -0.39 is 18.3 Å². The quantitative estimate of drug-likeness (QED) is 0.533. The zero-order chi connectivity index (χ0) is 14.3. The molecule has 0 saturated carbocycles. The Morgan fingerprint density at radius 2 is 1.95 bits per heavy atom. The summed E-state index contributed by atoms with van der Waals surface area (Å²) in [7, 11) is 1.38. The number of hydrogen-bond acceptors (Lipinski definition) is 5. The molecule has 19 heavy (non-hydrogen) atoms. The van der Waals surface area contributed by atoms with Gasteiger partial charge in [-0.1, -0.05) is 18.2 Å². The molecule has 0 radical (unpaired) electrons. The number of anilines is 1. The van der Waals surface area contributed by atoms with Crippen LogP contribution in [0.4, 0.5) is 5.69 Å². The van der Waals surface area contributed by atoms with Gasteiger partial charge in [0.2, 0.25) is 5.91 Å². The van der Waals surface area contributed by atoms with Crippen LogP contribution in [-0.2, 0) is 9.53 Å². The zero-order valence-electron chi connectivity index (χ0n) is 11.0. The number of nitrogens with one attached hydrogen (secondary N) is 2. The second-order valence-corrected chi connectivity index (χ2v) is 4.25. The van der Waals surface area contributed by atoms with Crippen molar-refractivity contribution >= 4 is 11.6 Å². The number of carbonyl (C=O) groups is 1.